The second kappa shape index (κ2) is 9.83. The first-order valence-corrected chi connectivity index (χ1v) is 10.4. The molecule has 1 aromatic carbocycles. The van der Waals surface area contributed by atoms with Crippen LogP contribution in [0.1, 0.15) is 11.9 Å². The summed E-state index contributed by atoms with van der Waals surface area (Å²) in [5, 5.41) is 47.7. The van der Waals surface area contributed by atoms with Crippen molar-refractivity contribution < 1.29 is 34.6 Å². The largest absolute Gasteiger partial charge is 0.494 e. The fourth-order valence-corrected chi connectivity index (χ4v) is 4.61. The molecule has 3 rings (SSSR count). The lowest BCUT2D eigenvalue weighted by Crippen LogP contribution is -2.57. The first-order chi connectivity index (χ1) is 13.5. The van der Waals surface area contributed by atoms with E-state index in [4.69, 9.17) is 14.2 Å². The predicted octanol–water partition coefficient (Wildman–Crippen LogP) is 0.408. The minimum atomic E-state index is -1.42. The highest BCUT2D eigenvalue weighted by Crippen LogP contribution is 2.35. The molecule has 5 atom stereocenters. The molecular weight excluding hydrogens is 408 g/mol. The standard InChI is InChI=1S/C17H22N2O7S2/c1-2-24-9-4-3-5-10(6-9)25-8-12-18-19-17(27-12)28-16-15(23)14(22)13(21)11(7-20)26-16/h3-6,11,13-16,20-23H,2,7-8H2,1H3/t11-,13-,14+,15-,16+/m1/s1. The van der Waals surface area contributed by atoms with Gasteiger partial charge in [-0.25, -0.2) is 0 Å². The van der Waals surface area contributed by atoms with Crippen LogP contribution in [0.2, 0.25) is 0 Å². The van der Waals surface area contributed by atoms with Crippen molar-refractivity contribution in [1.29, 1.82) is 0 Å². The maximum Gasteiger partial charge on any atom is 0.177 e. The van der Waals surface area contributed by atoms with E-state index in [9.17, 15) is 20.4 Å². The highest BCUT2D eigenvalue weighted by molar-refractivity contribution is 8.01. The van der Waals surface area contributed by atoms with Gasteiger partial charge in [0.15, 0.2) is 9.35 Å². The van der Waals surface area contributed by atoms with Gasteiger partial charge in [-0.1, -0.05) is 29.2 Å². The number of aromatic nitrogens is 2. The minimum absolute atomic E-state index is 0.211. The molecule has 1 aliphatic heterocycles. The molecule has 0 bridgehead atoms. The topological polar surface area (TPSA) is 134 Å². The molecule has 9 nitrogen and oxygen atoms in total. The van der Waals surface area contributed by atoms with Gasteiger partial charge in [0.25, 0.3) is 0 Å². The molecule has 2 aromatic rings. The van der Waals surface area contributed by atoms with Gasteiger partial charge in [0.05, 0.1) is 13.2 Å². The molecule has 1 aromatic heterocycles. The Hall–Kier alpha value is -1.47. The Kier molecular flexibility index (Phi) is 7.46. The van der Waals surface area contributed by atoms with Crippen molar-refractivity contribution in [2.24, 2.45) is 0 Å². The Morgan fingerprint density at radius 2 is 1.86 bits per heavy atom. The molecule has 1 saturated heterocycles. The molecule has 4 N–H and O–H groups in total. The summed E-state index contributed by atoms with van der Waals surface area (Å²) >= 11 is 2.32. The number of hydrogen-bond donors (Lipinski definition) is 4. The van der Waals surface area contributed by atoms with E-state index in [-0.39, 0.29) is 6.61 Å². The summed E-state index contributed by atoms with van der Waals surface area (Å²) in [5.41, 5.74) is -0.889. The summed E-state index contributed by atoms with van der Waals surface area (Å²) < 4.78 is 17.1. The summed E-state index contributed by atoms with van der Waals surface area (Å²) in [6, 6.07) is 7.28. The van der Waals surface area contributed by atoms with E-state index in [0.29, 0.717) is 21.7 Å². The van der Waals surface area contributed by atoms with E-state index in [1.54, 1.807) is 6.07 Å². The summed E-state index contributed by atoms with van der Waals surface area (Å²) in [4.78, 5) is 0. The zero-order chi connectivity index (χ0) is 20.1. The monoisotopic (exact) mass is 430 g/mol. The van der Waals surface area contributed by atoms with Gasteiger partial charge in [0.2, 0.25) is 0 Å². The van der Waals surface area contributed by atoms with E-state index >= 15 is 0 Å². The number of nitrogens with zero attached hydrogens (tertiary/aromatic N) is 2. The van der Waals surface area contributed by atoms with Crippen molar-refractivity contribution in [2.45, 2.75) is 47.7 Å². The molecule has 0 unspecified atom stereocenters. The molecule has 1 aliphatic rings. The summed E-state index contributed by atoms with van der Waals surface area (Å²) in [6.07, 6.45) is -5.09. The second-order valence-electron chi connectivity index (χ2n) is 5.97. The van der Waals surface area contributed by atoms with Crippen LogP contribution in [0.4, 0.5) is 0 Å². The molecule has 11 heteroatoms. The summed E-state index contributed by atoms with van der Waals surface area (Å²) in [5.74, 6) is 1.36. The van der Waals surface area contributed by atoms with Gasteiger partial charge in [-0.2, -0.15) is 0 Å². The number of aliphatic hydroxyl groups excluding tert-OH is 4. The first-order valence-electron chi connectivity index (χ1n) is 8.67. The van der Waals surface area contributed by atoms with Crippen molar-refractivity contribution in [3.63, 3.8) is 0 Å². The molecule has 0 radical (unpaired) electrons. The van der Waals surface area contributed by atoms with Gasteiger partial charge in [0, 0.05) is 6.07 Å². The van der Waals surface area contributed by atoms with Gasteiger partial charge < -0.3 is 34.6 Å². The van der Waals surface area contributed by atoms with E-state index in [2.05, 4.69) is 10.2 Å². The number of thioether (sulfide) groups is 1. The lowest BCUT2D eigenvalue weighted by atomic mass is 10.0. The summed E-state index contributed by atoms with van der Waals surface area (Å²) in [6.45, 7) is 2.21. The van der Waals surface area contributed by atoms with Crippen molar-refractivity contribution in [2.75, 3.05) is 13.2 Å². The highest BCUT2D eigenvalue weighted by atomic mass is 32.2. The zero-order valence-corrected chi connectivity index (χ0v) is 16.7. The van der Waals surface area contributed by atoms with Crippen LogP contribution < -0.4 is 9.47 Å². The molecular formula is C17H22N2O7S2. The number of rotatable bonds is 8. The third-order valence-electron chi connectivity index (χ3n) is 3.99. The molecule has 1 fully saturated rings. The number of benzene rings is 1. The Morgan fingerprint density at radius 3 is 2.57 bits per heavy atom. The predicted molar refractivity (Wildman–Crippen MR) is 101 cm³/mol. The van der Waals surface area contributed by atoms with Crippen LogP contribution in [0.25, 0.3) is 0 Å². The fourth-order valence-electron chi connectivity index (χ4n) is 2.57. The van der Waals surface area contributed by atoms with Gasteiger partial charge in [-0.05, 0) is 19.1 Å². The van der Waals surface area contributed by atoms with Crippen molar-refractivity contribution in [3.05, 3.63) is 29.3 Å². The number of ether oxygens (including phenoxy) is 3. The Labute approximate surface area is 169 Å². The maximum absolute atomic E-state index is 10.1. The normalized spacial score (nSPS) is 27.5. The maximum atomic E-state index is 10.1. The lowest BCUT2D eigenvalue weighted by Gasteiger charge is -2.39. The molecule has 2 heterocycles. The van der Waals surface area contributed by atoms with E-state index in [1.807, 2.05) is 25.1 Å². The van der Waals surface area contributed by atoms with Gasteiger partial charge in [-0.15, -0.1) is 10.2 Å². The zero-order valence-electron chi connectivity index (χ0n) is 15.0. The van der Waals surface area contributed by atoms with E-state index in [1.165, 1.54) is 11.3 Å². The van der Waals surface area contributed by atoms with Crippen molar-refractivity contribution in [1.82, 2.24) is 10.2 Å². The van der Waals surface area contributed by atoms with Gasteiger partial charge >= 0.3 is 0 Å². The fraction of sp³-hybridized carbons (Fsp3) is 0.529. The molecule has 0 saturated carbocycles. The Balaban J connectivity index is 1.57. The van der Waals surface area contributed by atoms with Crippen LogP contribution >= 0.6 is 23.1 Å². The number of aliphatic hydroxyl groups is 4. The van der Waals surface area contributed by atoms with Crippen molar-refractivity contribution >= 4 is 23.1 Å². The molecule has 154 valence electrons. The number of hydrogen-bond acceptors (Lipinski definition) is 11. The Morgan fingerprint density at radius 1 is 1.11 bits per heavy atom. The van der Waals surface area contributed by atoms with Crippen LogP contribution in [0.3, 0.4) is 0 Å². The van der Waals surface area contributed by atoms with Crippen molar-refractivity contribution in [3.8, 4) is 11.5 Å². The third kappa shape index (κ3) is 5.11. The first kappa shape index (κ1) is 21.2. The molecule has 28 heavy (non-hydrogen) atoms. The lowest BCUT2D eigenvalue weighted by molar-refractivity contribution is -0.205. The quantitative estimate of drug-likeness (QED) is 0.466. The average Bonchev–Trinajstić information content (AvgIpc) is 3.15. The highest BCUT2D eigenvalue weighted by Gasteiger charge is 2.44. The molecule has 0 amide bonds. The molecule has 0 aliphatic carbocycles. The third-order valence-corrected chi connectivity index (χ3v) is 6.13. The smallest absolute Gasteiger partial charge is 0.177 e. The second-order valence-corrected chi connectivity index (χ2v) is 8.38. The van der Waals surface area contributed by atoms with Crippen LogP contribution in [-0.4, -0.2) is 73.7 Å². The van der Waals surface area contributed by atoms with E-state index in [0.717, 1.165) is 17.5 Å². The SMILES string of the molecule is CCOc1cccc(OCc2nnc(S[C@@H]3O[C@H](CO)[C@@H](O)[C@H](O)[C@H]3O)s2)c1. The molecule has 0 spiro atoms. The van der Waals surface area contributed by atoms with E-state index < -0.39 is 36.5 Å². The van der Waals surface area contributed by atoms with Crippen LogP contribution in [0, 0.1) is 0 Å². The van der Waals surface area contributed by atoms with Gasteiger partial charge in [-0.3, -0.25) is 0 Å². The van der Waals surface area contributed by atoms with Gasteiger partial charge in [0.1, 0.15) is 48.0 Å². The Bertz CT molecular complexity index is 761. The average molecular weight is 431 g/mol. The minimum Gasteiger partial charge on any atom is -0.494 e. The van der Waals surface area contributed by atoms with Crippen LogP contribution in [-0.2, 0) is 11.3 Å². The summed E-state index contributed by atoms with van der Waals surface area (Å²) in [7, 11) is 0. The van der Waals surface area contributed by atoms with Crippen LogP contribution in [0.15, 0.2) is 28.6 Å². The van der Waals surface area contributed by atoms with Crippen LogP contribution in [0.5, 0.6) is 11.5 Å².